The largest absolute Gasteiger partial charge is 0.395 e. The van der Waals surface area contributed by atoms with E-state index in [1.807, 2.05) is 0 Å². The van der Waals surface area contributed by atoms with Crippen molar-refractivity contribution in [1.82, 2.24) is 4.90 Å². The van der Waals surface area contributed by atoms with E-state index in [1.165, 1.54) is 6.07 Å². The zero-order valence-corrected chi connectivity index (χ0v) is 11.9. The molecule has 6 heteroatoms. The number of anilines is 1. The summed E-state index contributed by atoms with van der Waals surface area (Å²) in [5, 5.41) is 11.6. The molecule has 0 atom stereocenters. The number of hydrogen-bond donors (Lipinski definition) is 2. The first-order chi connectivity index (χ1) is 9.56. The van der Waals surface area contributed by atoms with Crippen LogP contribution >= 0.6 is 0 Å². The summed E-state index contributed by atoms with van der Waals surface area (Å²) in [5.41, 5.74) is 0.957. The standard InChI is InChI=1S/C14H21FN2O3/c1-11-3-4-12(9-13(11)15)16-14(19)10-17(5-7-18)6-8-20-2/h3-4,9,18H,5-8,10H2,1-2H3,(H,16,19). The Hall–Kier alpha value is -1.50. The number of ether oxygens (including phenoxy) is 1. The number of carbonyl (C=O) groups excluding carboxylic acids is 1. The van der Waals surface area contributed by atoms with E-state index in [-0.39, 0.29) is 24.9 Å². The first-order valence-corrected chi connectivity index (χ1v) is 6.45. The molecule has 20 heavy (non-hydrogen) atoms. The summed E-state index contributed by atoms with van der Waals surface area (Å²) in [6.45, 7) is 3.17. The molecule has 1 amide bonds. The maximum absolute atomic E-state index is 13.4. The Kier molecular flexibility index (Phi) is 7.14. The third kappa shape index (κ3) is 5.64. The maximum Gasteiger partial charge on any atom is 0.238 e. The summed E-state index contributed by atoms with van der Waals surface area (Å²) in [4.78, 5) is 13.6. The van der Waals surface area contributed by atoms with E-state index in [0.29, 0.717) is 30.9 Å². The molecular weight excluding hydrogens is 263 g/mol. The summed E-state index contributed by atoms with van der Waals surface area (Å²) in [7, 11) is 1.58. The summed E-state index contributed by atoms with van der Waals surface area (Å²) < 4.78 is 18.3. The highest BCUT2D eigenvalue weighted by Gasteiger charge is 2.11. The van der Waals surface area contributed by atoms with Gasteiger partial charge >= 0.3 is 0 Å². The number of aryl methyl sites for hydroxylation is 1. The Morgan fingerprint density at radius 1 is 1.45 bits per heavy atom. The Balaban J connectivity index is 2.53. The van der Waals surface area contributed by atoms with Crippen LogP contribution in [0.4, 0.5) is 10.1 Å². The minimum absolute atomic E-state index is 0.0316. The highest BCUT2D eigenvalue weighted by atomic mass is 19.1. The van der Waals surface area contributed by atoms with Crippen LogP contribution in [0.25, 0.3) is 0 Å². The number of nitrogens with one attached hydrogen (secondary N) is 1. The van der Waals surface area contributed by atoms with E-state index >= 15 is 0 Å². The van der Waals surface area contributed by atoms with Gasteiger partial charge in [-0.25, -0.2) is 4.39 Å². The lowest BCUT2D eigenvalue weighted by atomic mass is 10.2. The second-order valence-corrected chi connectivity index (χ2v) is 4.50. The van der Waals surface area contributed by atoms with Crippen LogP contribution in [-0.4, -0.2) is 55.9 Å². The lowest BCUT2D eigenvalue weighted by Gasteiger charge is -2.20. The minimum Gasteiger partial charge on any atom is -0.395 e. The molecule has 0 heterocycles. The molecular formula is C14H21FN2O3. The van der Waals surface area contributed by atoms with Gasteiger partial charge < -0.3 is 15.2 Å². The molecule has 0 unspecified atom stereocenters. The minimum atomic E-state index is -0.352. The van der Waals surface area contributed by atoms with Crippen molar-refractivity contribution in [2.75, 3.05) is 45.3 Å². The van der Waals surface area contributed by atoms with Gasteiger partial charge in [-0.2, -0.15) is 0 Å². The molecule has 0 saturated carbocycles. The fraction of sp³-hybridized carbons (Fsp3) is 0.500. The number of carbonyl (C=O) groups is 1. The van der Waals surface area contributed by atoms with Crippen LogP contribution < -0.4 is 5.32 Å². The fourth-order valence-corrected chi connectivity index (χ4v) is 1.71. The van der Waals surface area contributed by atoms with Gasteiger partial charge in [-0.3, -0.25) is 9.69 Å². The highest BCUT2D eigenvalue weighted by Crippen LogP contribution is 2.13. The van der Waals surface area contributed by atoms with Crippen LogP contribution in [0.1, 0.15) is 5.56 Å². The number of methoxy groups -OCH3 is 1. The van der Waals surface area contributed by atoms with Crippen molar-refractivity contribution < 1.29 is 19.0 Å². The molecule has 112 valence electrons. The van der Waals surface area contributed by atoms with Gasteiger partial charge in [0.05, 0.1) is 19.8 Å². The molecule has 0 radical (unpaired) electrons. The molecule has 0 aliphatic rings. The van der Waals surface area contributed by atoms with Crippen molar-refractivity contribution in [3.05, 3.63) is 29.6 Å². The van der Waals surface area contributed by atoms with Crippen LogP contribution in [0.15, 0.2) is 18.2 Å². The van der Waals surface area contributed by atoms with E-state index in [0.717, 1.165) is 0 Å². The fourth-order valence-electron chi connectivity index (χ4n) is 1.71. The second kappa shape index (κ2) is 8.63. The number of aliphatic hydroxyl groups is 1. The molecule has 0 saturated heterocycles. The average Bonchev–Trinajstić information content (AvgIpc) is 2.40. The van der Waals surface area contributed by atoms with Gasteiger partial charge in [0.2, 0.25) is 5.91 Å². The van der Waals surface area contributed by atoms with E-state index in [1.54, 1.807) is 31.1 Å². The molecule has 0 aliphatic heterocycles. The molecule has 0 fully saturated rings. The Labute approximate surface area is 118 Å². The van der Waals surface area contributed by atoms with E-state index in [4.69, 9.17) is 9.84 Å². The van der Waals surface area contributed by atoms with Gasteiger partial charge in [-0.1, -0.05) is 6.07 Å². The summed E-state index contributed by atoms with van der Waals surface area (Å²) in [6.07, 6.45) is 0. The van der Waals surface area contributed by atoms with Crippen LogP contribution in [0.5, 0.6) is 0 Å². The predicted octanol–water partition coefficient (Wildman–Crippen LogP) is 1.01. The summed E-state index contributed by atoms with van der Waals surface area (Å²) in [6, 6.07) is 4.56. The Bertz CT molecular complexity index is 440. The molecule has 2 N–H and O–H groups in total. The molecule has 0 aromatic heterocycles. The predicted molar refractivity (Wildman–Crippen MR) is 75.2 cm³/mol. The molecule has 0 spiro atoms. The second-order valence-electron chi connectivity index (χ2n) is 4.50. The number of nitrogens with zero attached hydrogens (tertiary/aromatic N) is 1. The van der Waals surface area contributed by atoms with Crippen LogP contribution in [0.2, 0.25) is 0 Å². The van der Waals surface area contributed by atoms with Gasteiger partial charge in [-0.05, 0) is 24.6 Å². The lowest BCUT2D eigenvalue weighted by Crippen LogP contribution is -2.37. The third-order valence-corrected chi connectivity index (χ3v) is 2.85. The number of aliphatic hydroxyl groups excluding tert-OH is 1. The average molecular weight is 284 g/mol. The van der Waals surface area contributed by atoms with Crippen LogP contribution in [0.3, 0.4) is 0 Å². The Morgan fingerprint density at radius 3 is 2.80 bits per heavy atom. The number of hydrogen-bond acceptors (Lipinski definition) is 4. The van der Waals surface area contributed by atoms with Crippen molar-refractivity contribution >= 4 is 11.6 Å². The molecule has 1 aromatic carbocycles. The van der Waals surface area contributed by atoms with Gasteiger partial charge in [0.1, 0.15) is 5.82 Å². The van der Waals surface area contributed by atoms with E-state index < -0.39 is 0 Å². The van der Waals surface area contributed by atoms with Crippen molar-refractivity contribution in [2.45, 2.75) is 6.92 Å². The normalized spacial score (nSPS) is 10.8. The smallest absolute Gasteiger partial charge is 0.238 e. The summed E-state index contributed by atoms with van der Waals surface area (Å²) >= 11 is 0. The van der Waals surface area contributed by atoms with Gasteiger partial charge in [-0.15, -0.1) is 0 Å². The zero-order valence-electron chi connectivity index (χ0n) is 11.9. The zero-order chi connectivity index (χ0) is 15.0. The topological polar surface area (TPSA) is 61.8 Å². The van der Waals surface area contributed by atoms with Crippen LogP contribution in [-0.2, 0) is 9.53 Å². The molecule has 0 bridgehead atoms. The molecule has 1 aromatic rings. The first-order valence-electron chi connectivity index (χ1n) is 6.45. The van der Waals surface area contributed by atoms with Crippen molar-refractivity contribution in [2.24, 2.45) is 0 Å². The monoisotopic (exact) mass is 284 g/mol. The van der Waals surface area contributed by atoms with Crippen LogP contribution in [0, 0.1) is 12.7 Å². The van der Waals surface area contributed by atoms with E-state index in [2.05, 4.69) is 5.32 Å². The number of halogens is 1. The maximum atomic E-state index is 13.4. The molecule has 0 aliphatic carbocycles. The van der Waals surface area contributed by atoms with Gasteiger partial charge in [0, 0.05) is 25.9 Å². The van der Waals surface area contributed by atoms with Crippen molar-refractivity contribution in [1.29, 1.82) is 0 Å². The number of rotatable bonds is 8. The number of benzene rings is 1. The van der Waals surface area contributed by atoms with Crippen molar-refractivity contribution in [3.63, 3.8) is 0 Å². The molecule has 5 nitrogen and oxygen atoms in total. The number of amides is 1. The third-order valence-electron chi connectivity index (χ3n) is 2.85. The highest BCUT2D eigenvalue weighted by molar-refractivity contribution is 5.92. The summed E-state index contributed by atoms with van der Waals surface area (Å²) in [5.74, 6) is -0.604. The Morgan fingerprint density at radius 2 is 2.20 bits per heavy atom. The SMILES string of the molecule is COCCN(CCO)CC(=O)Nc1ccc(C)c(F)c1. The lowest BCUT2D eigenvalue weighted by molar-refractivity contribution is -0.117. The quantitative estimate of drug-likeness (QED) is 0.748. The van der Waals surface area contributed by atoms with Gasteiger partial charge in [0.25, 0.3) is 0 Å². The van der Waals surface area contributed by atoms with E-state index in [9.17, 15) is 9.18 Å². The first kappa shape index (κ1) is 16.6. The van der Waals surface area contributed by atoms with Crippen molar-refractivity contribution in [3.8, 4) is 0 Å². The molecule has 1 rings (SSSR count). The van der Waals surface area contributed by atoms with Gasteiger partial charge in [0.15, 0.2) is 0 Å².